The number of benzene rings is 1. The predicted octanol–water partition coefficient (Wildman–Crippen LogP) is 2.84. The molecule has 2 saturated heterocycles. The van der Waals surface area contributed by atoms with E-state index in [0.717, 1.165) is 38.9 Å². The highest BCUT2D eigenvalue weighted by molar-refractivity contribution is 5.94. The average Bonchev–Trinajstić information content (AvgIpc) is 2.90. The molecule has 0 aliphatic carbocycles. The average molecular weight is 323 g/mol. The summed E-state index contributed by atoms with van der Waals surface area (Å²) in [5.41, 5.74) is 0.646. The largest absolute Gasteiger partial charge is 0.456 e. The van der Waals surface area contributed by atoms with Crippen LogP contribution in [0.3, 0.4) is 0 Å². The second-order valence-electron chi connectivity index (χ2n) is 6.68. The molecule has 2 unspecified atom stereocenters. The molecule has 2 bridgehead atoms. The number of nitrogens with one attached hydrogen (secondary N) is 1. The molecule has 1 aromatic heterocycles. The Hall–Kier alpha value is -2.40. The Morgan fingerprint density at radius 2 is 2.00 bits per heavy atom. The van der Waals surface area contributed by atoms with Crippen LogP contribution in [-0.4, -0.2) is 41.0 Å². The van der Waals surface area contributed by atoms with Crippen molar-refractivity contribution in [1.82, 2.24) is 15.2 Å². The molecule has 0 saturated carbocycles. The van der Waals surface area contributed by atoms with Crippen molar-refractivity contribution in [3.8, 4) is 11.5 Å². The summed E-state index contributed by atoms with van der Waals surface area (Å²) in [6, 6.07) is 10.9. The molecule has 2 aromatic rings. The normalized spacial score (nSPS) is 25.2. The lowest BCUT2D eigenvalue weighted by Gasteiger charge is -2.34. The monoisotopic (exact) mass is 323 g/mol. The number of amides is 1. The highest BCUT2D eigenvalue weighted by Gasteiger charge is 2.41. The van der Waals surface area contributed by atoms with E-state index in [1.54, 1.807) is 12.4 Å². The van der Waals surface area contributed by atoms with Crippen LogP contribution in [0.4, 0.5) is 0 Å². The molecule has 0 spiro atoms. The third-order valence-electron chi connectivity index (χ3n) is 4.93. The van der Waals surface area contributed by atoms with Gasteiger partial charge in [-0.2, -0.15) is 0 Å². The number of hydrogen-bond donors (Lipinski definition) is 1. The third kappa shape index (κ3) is 3.12. The summed E-state index contributed by atoms with van der Waals surface area (Å²) >= 11 is 0. The van der Waals surface area contributed by atoms with Gasteiger partial charge in [0.2, 0.25) is 0 Å². The molecule has 2 atom stereocenters. The van der Waals surface area contributed by atoms with Crippen molar-refractivity contribution in [2.24, 2.45) is 0 Å². The van der Waals surface area contributed by atoms with Crippen LogP contribution in [0.1, 0.15) is 29.6 Å². The lowest BCUT2D eigenvalue weighted by atomic mass is 9.90. The van der Waals surface area contributed by atoms with Gasteiger partial charge in [0.05, 0.1) is 11.7 Å². The summed E-state index contributed by atoms with van der Waals surface area (Å²) in [5.74, 6) is 1.39. The van der Waals surface area contributed by atoms with Crippen molar-refractivity contribution < 1.29 is 9.53 Å². The molecule has 1 aromatic carbocycles. The number of rotatable bonds is 4. The minimum Gasteiger partial charge on any atom is -0.456 e. The van der Waals surface area contributed by atoms with Crippen molar-refractivity contribution in [3.05, 3.63) is 54.4 Å². The van der Waals surface area contributed by atoms with E-state index < -0.39 is 0 Å². The second-order valence-corrected chi connectivity index (χ2v) is 6.68. The number of fused-ring (bicyclic) bond motifs is 2. The van der Waals surface area contributed by atoms with Gasteiger partial charge in [0.25, 0.3) is 5.91 Å². The Bertz CT molecular complexity index is 713. The maximum Gasteiger partial charge on any atom is 0.251 e. The Labute approximate surface area is 141 Å². The number of piperidine rings is 1. The van der Waals surface area contributed by atoms with E-state index >= 15 is 0 Å². The van der Waals surface area contributed by atoms with E-state index in [2.05, 4.69) is 15.2 Å². The quantitative estimate of drug-likeness (QED) is 0.940. The molecule has 2 aliphatic heterocycles. The van der Waals surface area contributed by atoms with Crippen LogP contribution >= 0.6 is 0 Å². The summed E-state index contributed by atoms with van der Waals surface area (Å²) in [6.45, 7) is 3.25. The number of aromatic nitrogens is 1. The molecular weight excluding hydrogens is 302 g/mol. The molecule has 0 radical (unpaired) electrons. The molecule has 5 heteroatoms. The molecule has 1 amide bonds. The van der Waals surface area contributed by atoms with Crippen LogP contribution in [-0.2, 0) is 0 Å². The zero-order valence-electron chi connectivity index (χ0n) is 13.6. The lowest BCUT2D eigenvalue weighted by molar-refractivity contribution is 0.0877. The lowest BCUT2D eigenvalue weighted by Crippen LogP contribution is -2.52. The van der Waals surface area contributed by atoms with Gasteiger partial charge < -0.3 is 15.0 Å². The molecule has 24 heavy (non-hydrogen) atoms. The fraction of sp³-hybridized carbons (Fsp3) is 0.368. The molecule has 2 aliphatic rings. The van der Waals surface area contributed by atoms with Crippen LogP contribution in [0.2, 0.25) is 0 Å². The van der Waals surface area contributed by atoms with Gasteiger partial charge in [-0.05, 0) is 62.2 Å². The number of nitrogens with zero attached hydrogens (tertiary/aromatic N) is 2. The zero-order chi connectivity index (χ0) is 16.4. The first kappa shape index (κ1) is 15.1. The van der Waals surface area contributed by atoms with Crippen LogP contribution < -0.4 is 10.1 Å². The SMILES string of the molecule is O=C(NC12CCCN(CC1)C2)c1ccc(Oc2cccnc2)cc1. The summed E-state index contributed by atoms with van der Waals surface area (Å²) < 4.78 is 5.71. The van der Waals surface area contributed by atoms with Crippen molar-refractivity contribution in [3.63, 3.8) is 0 Å². The van der Waals surface area contributed by atoms with E-state index in [4.69, 9.17) is 4.74 Å². The molecular formula is C19H21N3O2. The number of carbonyl (C=O) groups excluding carboxylic acids is 1. The van der Waals surface area contributed by atoms with Crippen molar-refractivity contribution in [2.75, 3.05) is 19.6 Å². The molecule has 1 N–H and O–H groups in total. The Morgan fingerprint density at radius 1 is 1.12 bits per heavy atom. The van der Waals surface area contributed by atoms with Crippen molar-refractivity contribution in [2.45, 2.75) is 24.8 Å². The van der Waals surface area contributed by atoms with Gasteiger partial charge in [-0.25, -0.2) is 0 Å². The maximum atomic E-state index is 12.6. The maximum absolute atomic E-state index is 12.6. The van der Waals surface area contributed by atoms with Crippen molar-refractivity contribution in [1.29, 1.82) is 0 Å². The molecule has 2 fully saturated rings. The minimum absolute atomic E-state index is 0.00618. The van der Waals surface area contributed by atoms with E-state index in [9.17, 15) is 4.79 Å². The van der Waals surface area contributed by atoms with Gasteiger partial charge in [0, 0.05) is 24.8 Å². The Kier molecular flexibility index (Phi) is 3.94. The highest BCUT2D eigenvalue weighted by Crippen LogP contribution is 2.31. The second kappa shape index (κ2) is 6.24. The number of pyridine rings is 1. The third-order valence-corrected chi connectivity index (χ3v) is 4.93. The van der Waals surface area contributed by atoms with Crippen LogP contribution in [0.15, 0.2) is 48.8 Å². The summed E-state index contributed by atoms with van der Waals surface area (Å²) in [5, 5.41) is 3.28. The van der Waals surface area contributed by atoms with Gasteiger partial charge in [-0.3, -0.25) is 9.78 Å². The fourth-order valence-electron chi connectivity index (χ4n) is 3.69. The van der Waals surface area contributed by atoms with Crippen molar-refractivity contribution >= 4 is 5.91 Å². The van der Waals surface area contributed by atoms with Crippen LogP contribution in [0.5, 0.6) is 11.5 Å². The number of carbonyl (C=O) groups is 1. The van der Waals surface area contributed by atoms with Crippen LogP contribution in [0.25, 0.3) is 0 Å². The first-order chi connectivity index (χ1) is 11.7. The standard InChI is InChI=1S/C19H21N3O2/c23-18(21-19-8-2-11-22(14-19)12-9-19)15-4-6-16(7-5-15)24-17-3-1-10-20-13-17/h1,3-7,10,13H,2,8-9,11-12,14H2,(H,21,23). The summed E-state index contributed by atoms with van der Waals surface area (Å²) in [6.07, 6.45) is 6.67. The van der Waals surface area contributed by atoms with Gasteiger partial charge >= 0.3 is 0 Å². The van der Waals surface area contributed by atoms with Gasteiger partial charge in [0.1, 0.15) is 11.5 Å². The zero-order valence-corrected chi connectivity index (χ0v) is 13.6. The molecule has 3 heterocycles. The van der Waals surface area contributed by atoms with Gasteiger partial charge in [0.15, 0.2) is 0 Å². The molecule has 124 valence electrons. The first-order valence-electron chi connectivity index (χ1n) is 8.45. The summed E-state index contributed by atoms with van der Waals surface area (Å²) in [4.78, 5) is 19.0. The number of ether oxygens (including phenoxy) is 1. The predicted molar refractivity (Wildman–Crippen MR) is 91.2 cm³/mol. The molecule has 5 nitrogen and oxygen atoms in total. The summed E-state index contributed by atoms with van der Waals surface area (Å²) in [7, 11) is 0. The van der Waals surface area contributed by atoms with E-state index in [-0.39, 0.29) is 11.4 Å². The Balaban J connectivity index is 1.42. The Morgan fingerprint density at radius 3 is 2.79 bits per heavy atom. The number of hydrogen-bond acceptors (Lipinski definition) is 4. The van der Waals surface area contributed by atoms with Gasteiger partial charge in [-0.1, -0.05) is 0 Å². The fourth-order valence-corrected chi connectivity index (χ4v) is 3.69. The smallest absolute Gasteiger partial charge is 0.251 e. The van der Waals surface area contributed by atoms with Crippen LogP contribution in [0, 0.1) is 0 Å². The molecule has 4 rings (SSSR count). The first-order valence-corrected chi connectivity index (χ1v) is 8.45. The minimum atomic E-state index is -0.0276. The highest BCUT2D eigenvalue weighted by atomic mass is 16.5. The topological polar surface area (TPSA) is 54.5 Å². The van der Waals surface area contributed by atoms with E-state index in [1.807, 2.05) is 36.4 Å². The van der Waals surface area contributed by atoms with Gasteiger partial charge in [-0.15, -0.1) is 0 Å². The van der Waals surface area contributed by atoms with E-state index in [0.29, 0.717) is 17.1 Å². The van der Waals surface area contributed by atoms with E-state index in [1.165, 1.54) is 0 Å².